The normalized spacial score (nSPS) is 17.6. The number of rotatable bonds is 4. The lowest BCUT2D eigenvalue weighted by atomic mass is 9.91. The fourth-order valence-corrected chi connectivity index (χ4v) is 3.43. The Hall–Kier alpha value is -2.13. The van der Waals surface area contributed by atoms with Crippen molar-refractivity contribution in [1.29, 1.82) is 0 Å². The van der Waals surface area contributed by atoms with E-state index in [9.17, 15) is 4.79 Å². The first-order valence-corrected chi connectivity index (χ1v) is 8.34. The highest BCUT2D eigenvalue weighted by Gasteiger charge is 2.28. The van der Waals surface area contributed by atoms with Crippen LogP contribution in [0.5, 0.6) is 0 Å². The Morgan fingerprint density at radius 1 is 1.13 bits per heavy atom. The van der Waals surface area contributed by atoms with Crippen molar-refractivity contribution >= 4 is 11.6 Å². The van der Waals surface area contributed by atoms with Crippen molar-refractivity contribution in [3.63, 3.8) is 0 Å². The van der Waals surface area contributed by atoms with Crippen LogP contribution in [0.4, 0.5) is 5.69 Å². The standard InChI is InChI=1S/C20H24N2O/c1-3-22(17-10-5-4-6-11-17)20(23)15-19-18-12-8-7-9-16(18)13-14-21(19)2/h4-12,19H,3,13-15H2,1-2H3. The molecule has 120 valence electrons. The molecule has 1 amide bonds. The minimum absolute atomic E-state index is 0.171. The van der Waals surface area contributed by atoms with E-state index < -0.39 is 0 Å². The fraction of sp³-hybridized carbons (Fsp3) is 0.350. The first kappa shape index (κ1) is 15.8. The molecule has 3 heteroatoms. The Morgan fingerprint density at radius 3 is 2.57 bits per heavy atom. The molecule has 0 aromatic heterocycles. The van der Waals surface area contributed by atoms with Crippen LogP contribution in [0.25, 0.3) is 0 Å². The van der Waals surface area contributed by atoms with Crippen LogP contribution in [0.3, 0.4) is 0 Å². The van der Waals surface area contributed by atoms with E-state index in [1.807, 2.05) is 42.2 Å². The van der Waals surface area contributed by atoms with Crippen LogP contribution in [0, 0.1) is 0 Å². The summed E-state index contributed by atoms with van der Waals surface area (Å²) in [4.78, 5) is 17.1. The molecule has 0 fully saturated rings. The average molecular weight is 308 g/mol. The SMILES string of the molecule is CCN(C(=O)CC1c2ccccc2CCN1C)c1ccccc1. The van der Waals surface area contributed by atoms with E-state index in [1.54, 1.807) is 0 Å². The Labute approximate surface area is 138 Å². The predicted octanol–water partition coefficient (Wildman–Crippen LogP) is 3.66. The summed E-state index contributed by atoms with van der Waals surface area (Å²) in [7, 11) is 2.12. The molecule has 3 nitrogen and oxygen atoms in total. The number of likely N-dealkylation sites (N-methyl/N-ethyl adjacent to an activating group) is 1. The summed E-state index contributed by atoms with van der Waals surface area (Å²) < 4.78 is 0. The van der Waals surface area contributed by atoms with E-state index in [-0.39, 0.29) is 11.9 Å². The molecule has 0 saturated carbocycles. The lowest BCUT2D eigenvalue weighted by Gasteiger charge is -2.35. The second-order valence-corrected chi connectivity index (χ2v) is 6.12. The van der Waals surface area contributed by atoms with Gasteiger partial charge < -0.3 is 4.90 Å². The average Bonchev–Trinajstić information content (AvgIpc) is 2.59. The molecular formula is C20H24N2O. The van der Waals surface area contributed by atoms with Crippen molar-refractivity contribution in [2.75, 3.05) is 25.0 Å². The lowest BCUT2D eigenvalue weighted by molar-refractivity contribution is -0.119. The first-order valence-electron chi connectivity index (χ1n) is 8.34. The molecule has 0 N–H and O–H groups in total. The molecule has 0 saturated heterocycles. The van der Waals surface area contributed by atoms with Crippen molar-refractivity contribution in [1.82, 2.24) is 4.90 Å². The molecule has 2 aromatic rings. The van der Waals surface area contributed by atoms with Gasteiger partial charge in [0.25, 0.3) is 0 Å². The maximum absolute atomic E-state index is 12.9. The topological polar surface area (TPSA) is 23.6 Å². The van der Waals surface area contributed by atoms with Gasteiger partial charge in [0.15, 0.2) is 0 Å². The Bertz CT molecular complexity index is 668. The maximum atomic E-state index is 12.9. The molecule has 1 unspecified atom stereocenters. The predicted molar refractivity (Wildman–Crippen MR) is 94.6 cm³/mol. The van der Waals surface area contributed by atoms with Gasteiger partial charge in [0.2, 0.25) is 5.91 Å². The third-order valence-electron chi connectivity index (χ3n) is 4.73. The number of para-hydroxylation sites is 1. The van der Waals surface area contributed by atoms with E-state index in [0.29, 0.717) is 13.0 Å². The molecule has 3 rings (SSSR count). The summed E-state index contributed by atoms with van der Waals surface area (Å²) in [5.74, 6) is 0.187. The van der Waals surface area contributed by atoms with Crippen LogP contribution in [0.1, 0.15) is 30.5 Å². The van der Waals surface area contributed by atoms with Gasteiger partial charge in [-0.25, -0.2) is 0 Å². The second kappa shape index (κ2) is 6.97. The Morgan fingerprint density at radius 2 is 1.83 bits per heavy atom. The van der Waals surface area contributed by atoms with Crippen molar-refractivity contribution in [2.24, 2.45) is 0 Å². The largest absolute Gasteiger partial charge is 0.313 e. The third-order valence-corrected chi connectivity index (χ3v) is 4.73. The van der Waals surface area contributed by atoms with Gasteiger partial charge in [0, 0.05) is 31.2 Å². The van der Waals surface area contributed by atoms with Gasteiger partial charge >= 0.3 is 0 Å². The van der Waals surface area contributed by atoms with Crippen LogP contribution >= 0.6 is 0 Å². The zero-order valence-electron chi connectivity index (χ0n) is 13.9. The van der Waals surface area contributed by atoms with Crippen LogP contribution in [0.15, 0.2) is 54.6 Å². The van der Waals surface area contributed by atoms with Crippen LogP contribution in [-0.4, -0.2) is 30.9 Å². The van der Waals surface area contributed by atoms with E-state index >= 15 is 0 Å². The van der Waals surface area contributed by atoms with E-state index in [0.717, 1.165) is 18.7 Å². The van der Waals surface area contributed by atoms with Crippen LogP contribution < -0.4 is 4.90 Å². The molecule has 0 bridgehead atoms. The van der Waals surface area contributed by atoms with Gasteiger partial charge in [0.05, 0.1) is 0 Å². The van der Waals surface area contributed by atoms with Gasteiger partial charge in [-0.05, 0) is 43.7 Å². The van der Waals surface area contributed by atoms with Gasteiger partial charge in [0.1, 0.15) is 0 Å². The van der Waals surface area contributed by atoms with Crippen LogP contribution in [0.2, 0.25) is 0 Å². The first-order chi connectivity index (χ1) is 11.2. The molecule has 0 radical (unpaired) electrons. The summed E-state index contributed by atoms with van der Waals surface area (Å²) in [6, 6.07) is 18.6. The minimum atomic E-state index is 0.171. The molecular weight excluding hydrogens is 284 g/mol. The molecule has 1 aliphatic rings. The minimum Gasteiger partial charge on any atom is -0.313 e. The fourth-order valence-electron chi connectivity index (χ4n) is 3.43. The highest BCUT2D eigenvalue weighted by Crippen LogP contribution is 2.32. The second-order valence-electron chi connectivity index (χ2n) is 6.12. The zero-order chi connectivity index (χ0) is 16.2. The van der Waals surface area contributed by atoms with Crippen LogP contribution in [-0.2, 0) is 11.2 Å². The Balaban J connectivity index is 1.82. The van der Waals surface area contributed by atoms with Gasteiger partial charge in [-0.1, -0.05) is 42.5 Å². The maximum Gasteiger partial charge on any atom is 0.228 e. The lowest BCUT2D eigenvalue weighted by Crippen LogP contribution is -2.38. The highest BCUT2D eigenvalue weighted by atomic mass is 16.2. The number of hydrogen-bond acceptors (Lipinski definition) is 2. The van der Waals surface area contributed by atoms with E-state index in [2.05, 4.69) is 36.2 Å². The molecule has 1 aliphatic heterocycles. The third kappa shape index (κ3) is 3.30. The van der Waals surface area contributed by atoms with Gasteiger partial charge in [-0.2, -0.15) is 0 Å². The van der Waals surface area contributed by atoms with Crippen molar-refractivity contribution in [2.45, 2.75) is 25.8 Å². The smallest absolute Gasteiger partial charge is 0.228 e. The van der Waals surface area contributed by atoms with Crippen molar-refractivity contribution in [3.05, 3.63) is 65.7 Å². The number of hydrogen-bond donors (Lipinski definition) is 0. The number of benzene rings is 2. The molecule has 0 aliphatic carbocycles. The summed E-state index contributed by atoms with van der Waals surface area (Å²) in [6.07, 6.45) is 1.59. The zero-order valence-corrected chi connectivity index (χ0v) is 13.9. The number of amides is 1. The quantitative estimate of drug-likeness (QED) is 0.860. The molecule has 1 atom stereocenters. The number of carbonyl (C=O) groups is 1. The number of fused-ring (bicyclic) bond motifs is 1. The van der Waals surface area contributed by atoms with E-state index in [4.69, 9.17) is 0 Å². The number of carbonyl (C=O) groups excluding carboxylic acids is 1. The molecule has 0 spiro atoms. The summed E-state index contributed by atoms with van der Waals surface area (Å²) in [5.41, 5.74) is 3.66. The van der Waals surface area contributed by atoms with Gasteiger partial charge in [-0.3, -0.25) is 9.69 Å². The Kier molecular flexibility index (Phi) is 4.77. The summed E-state index contributed by atoms with van der Waals surface area (Å²) >= 11 is 0. The van der Waals surface area contributed by atoms with E-state index in [1.165, 1.54) is 11.1 Å². The monoisotopic (exact) mass is 308 g/mol. The highest BCUT2D eigenvalue weighted by molar-refractivity contribution is 5.93. The molecule has 2 aromatic carbocycles. The number of anilines is 1. The molecule has 23 heavy (non-hydrogen) atoms. The van der Waals surface area contributed by atoms with Crippen molar-refractivity contribution < 1.29 is 4.79 Å². The van der Waals surface area contributed by atoms with Crippen molar-refractivity contribution in [3.8, 4) is 0 Å². The summed E-state index contributed by atoms with van der Waals surface area (Å²) in [5, 5.41) is 0. The summed E-state index contributed by atoms with van der Waals surface area (Å²) in [6.45, 7) is 3.73. The molecule has 1 heterocycles. The van der Waals surface area contributed by atoms with Gasteiger partial charge in [-0.15, -0.1) is 0 Å². The number of nitrogens with zero attached hydrogens (tertiary/aromatic N) is 2.